The first kappa shape index (κ1) is 15.4. The van der Waals surface area contributed by atoms with Crippen LogP contribution in [-0.2, 0) is 12.6 Å². The zero-order valence-corrected chi connectivity index (χ0v) is 12.1. The molecular formula is C16H16F3NO. The first-order valence-electron chi connectivity index (χ1n) is 6.65. The molecule has 0 aliphatic carbocycles. The van der Waals surface area contributed by atoms with Crippen LogP contribution in [0.4, 0.5) is 13.2 Å². The summed E-state index contributed by atoms with van der Waals surface area (Å²) in [6.07, 6.45) is -3.12. The zero-order valence-electron chi connectivity index (χ0n) is 12.1. The number of benzene rings is 1. The molecule has 0 N–H and O–H groups in total. The highest BCUT2D eigenvalue weighted by Gasteiger charge is 2.34. The van der Waals surface area contributed by atoms with E-state index in [4.69, 9.17) is 0 Å². The lowest BCUT2D eigenvalue weighted by Crippen LogP contribution is -2.12. The van der Waals surface area contributed by atoms with Crippen molar-refractivity contribution in [1.82, 2.24) is 4.57 Å². The number of hydrogen-bond donors (Lipinski definition) is 0. The molecule has 5 heteroatoms. The average molecular weight is 295 g/mol. The van der Waals surface area contributed by atoms with Gasteiger partial charge in [0.05, 0.1) is 11.3 Å². The molecule has 0 saturated heterocycles. The first-order valence-corrected chi connectivity index (χ1v) is 6.65. The van der Waals surface area contributed by atoms with E-state index in [-0.39, 0.29) is 5.69 Å². The van der Waals surface area contributed by atoms with Crippen LogP contribution in [0.15, 0.2) is 24.3 Å². The Morgan fingerprint density at radius 2 is 1.76 bits per heavy atom. The molecule has 2 aromatic rings. The molecule has 1 aromatic carbocycles. The van der Waals surface area contributed by atoms with Gasteiger partial charge in [-0.05, 0) is 38.0 Å². The highest BCUT2D eigenvalue weighted by atomic mass is 19.4. The SMILES string of the molecule is CCc1c(C=O)c(C)n(-c2ccccc2C(F)(F)F)c1C. The topological polar surface area (TPSA) is 22.0 Å². The van der Waals surface area contributed by atoms with Crippen molar-refractivity contribution in [2.24, 2.45) is 0 Å². The Morgan fingerprint density at radius 1 is 1.14 bits per heavy atom. The standard InChI is InChI=1S/C16H16F3NO/c1-4-12-10(2)20(11(3)13(12)9-21)15-8-6-5-7-14(15)16(17,18)19/h5-9H,4H2,1-3H3. The van der Waals surface area contributed by atoms with Gasteiger partial charge in [0.1, 0.15) is 0 Å². The molecule has 0 bridgehead atoms. The van der Waals surface area contributed by atoms with Crippen molar-refractivity contribution in [3.63, 3.8) is 0 Å². The Labute approximate surface area is 121 Å². The van der Waals surface area contributed by atoms with Crippen LogP contribution >= 0.6 is 0 Å². The highest BCUT2D eigenvalue weighted by molar-refractivity contribution is 5.81. The fourth-order valence-corrected chi connectivity index (χ4v) is 2.79. The third-order valence-corrected chi connectivity index (χ3v) is 3.74. The van der Waals surface area contributed by atoms with Crippen molar-refractivity contribution in [2.75, 3.05) is 0 Å². The minimum atomic E-state index is -4.44. The van der Waals surface area contributed by atoms with E-state index in [2.05, 4.69) is 0 Å². The molecule has 0 aliphatic heterocycles. The summed E-state index contributed by atoms with van der Waals surface area (Å²) in [4.78, 5) is 11.3. The number of para-hydroxylation sites is 1. The lowest BCUT2D eigenvalue weighted by Gasteiger charge is -2.16. The maximum absolute atomic E-state index is 13.2. The molecule has 0 spiro atoms. The molecular weight excluding hydrogens is 279 g/mol. The third-order valence-electron chi connectivity index (χ3n) is 3.74. The minimum absolute atomic E-state index is 0.0581. The van der Waals surface area contributed by atoms with Crippen LogP contribution in [0.5, 0.6) is 0 Å². The van der Waals surface area contributed by atoms with Gasteiger partial charge in [0, 0.05) is 17.0 Å². The molecule has 1 heterocycles. The lowest BCUT2D eigenvalue weighted by atomic mass is 10.1. The van der Waals surface area contributed by atoms with E-state index in [1.54, 1.807) is 19.9 Å². The molecule has 0 unspecified atom stereocenters. The smallest absolute Gasteiger partial charge is 0.317 e. The summed E-state index contributed by atoms with van der Waals surface area (Å²) in [5.41, 5.74) is 1.84. The third kappa shape index (κ3) is 2.48. The minimum Gasteiger partial charge on any atom is -0.317 e. The van der Waals surface area contributed by atoms with Crippen LogP contribution in [0.3, 0.4) is 0 Å². The number of halogens is 3. The van der Waals surface area contributed by atoms with Gasteiger partial charge in [0.25, 0.3) is 0 Å². The van der Waals surface area contributed by atoms with Crippen molar-refractivity contribution < 1.29 is 18.0 Å². The fourth-order valence-electron chi connectivity index (χ4n) is 2.79. The van der Waals surface area contributed by atoms with Gasteiger partial charge < -0.3 is 4.57 Å². The second-order valence-corrected chi connectivity index (χ2v) is 4.88. The second-order valence-electron chi connectivity index (χ2n) is 4.88. The summed E-state index contributed by atoms with van der Waals surface area (Å²) >= 11 is 0. The van der Waals surface area contributed by atoms with Gasteiger partial charge in [-0.3, -0.25) is 4.79 Å². The molecule has 0 saturated carbocycles. The number of hydrogen-bond acceptors (Lipinski definition) is 1. The number of alkyl halides is 3. The van der Waals surface area contributed by atoms with Crippen molar-refractivity contribution in [1.29, 1.82) is 0 Å². The fraction of sp³-hybridized carbons (Fsp3) is 0.312. The van der Waals surface area contributed by atoms with E-state index in [1.807, 2.05) is 6.92 Å². The molecule has 21 heavy (non-hydrogen) atoms. The van der Waals surface area contributed by atoms with Gasteiger partial charge in [-0.1, -0.05) is 19.1 Å². The van der Waals surface area contributed by atoms with Gasteiger partial charge in [0.2, 0.25) is 0 Å². The summed E-state index contributed by atoms with van der Waals surface area (Å²) < 4.78 is 41.1. The predicted octanol–water partition coefficient (Wildman–Crippen LogP) is 4.49. The number of nitrogens with zero attached hydrogens (tertiary/aromatic N) is 1. The van der Waals surface area contributed by atoms with Gasteiger partial charge >= 0.3 is 6.18 Å². The van der Waals surface area contributed by atoms with Crippen LogP contribution in [0, 0.1) is 13.8 Å². The predicted molar refractivity (Wildman–Crippen MR) is 75.0 cm³/mol. The molecule has 0 fully saturated rings. The quantitative estimate of drug-likeness (QED) is 0.765. The van der Waals surface area contributed by atoms with Crippen LogP contribution in [0.2, 0.25) is 0 Å². The normalized spacial score (nSPS) is 11.7. The molecule has 112 valence electrons. The zero-order chi connectivity index (χ0) is 15.8. The van der Waals surface area contributed by atoms with Crippen LogP contribution in [0.1, 0.15) is 39.8 Å². The first-order chi connectivity index (χ1) is 9.82. The van der Waals surface area contributed by atoms with Crippen molar-refractivity contribution in [3.8, 4) is 5.69 Å². The Morgan fingerprint density at radius 3 is 2.24 bits per heavy atom. The highest BCUT2D eigenvalue weighted by Crippen LogP contribution is 2.36. The number of rotatable bonds is 3. The number of aldehydes is 1. The van der Waals surface area contributed by atoms with E-state index >= 15 is 0 Å². The maximum atomic E-state index is 13.2. The van der Waals surface area contributed by atoms with Gasteiger partial charge in [0.15, 0.2) is 6.29 Å². The Bertz CT molecular complexity index is 684. The summed E-state index contributed by atoms with van der Waals surface area (Å²) in [6, 6.07) is 5.41. The molecule has 0 aliphatic rings. The Balaban J connectivity index is 2.81. The molecule has 0 amide bonds. The van der Waals surface area contributed by atoms with E-state index in [0.717, 1.165) is 11.6 Å². The largest absolute Gasteiger partial charge is 0.418 e. The molecule has 2 nitrogen and oxygen atoms in total. The van der Waals surface area contributed by atoms with Gasteiger partial charge in [-0.15, -0.1) is 0 Å². The summed E-state index contributed by atoms with van der Waals surface area (Å²) in [5.74, 6) is 0. The molecule has 1 aromatic heterocycles. The van der Waals surface area contributed by atoms with Gasteiger partial charge in [-0.2, -0.15) is 13.2 Å². The van der Waals surface area contributed by atoms with Crippen molar-refractivity contribution in [2.45, 2.75) is 33.4 Å². The number of aromatic nitrogens is 1. The summed E-state index contributed by atoms with van der Waals surface area (Å²) in [5, 5.41) is 0. The maximum Gasteiger partial charge on any atom is 0.418 e. The van der Waals surface area contributed by atoms with E-state index < -0.39 is 11.7 Å². The molecule has 2 rings (SSSR count). The summed E-state index contributed by atoms with van der Waals surface area (Å²) in [7, 11) is 0. The lowest BCUT2D eigenvalue weighted by molar-refractivity contribution is -0.137. The van der Waals surface area contributed by atoms with E-state index in [1.165, 1.54) is 16.7 Å². The average Bonchev–Trinajstić information content (AvgIpc) is 2.67. The molecule has 0 radical (unpaired) electrons. The van der Waals surface area contributed by atoms with E-state index in [0.29, 0.717) is 29.7 Å². The van der Waals surface area contributed by atoms with Crippen molar-refractivity contribution in [3.05, 3.63) is 52.3 Å². The monoisotopic (exact) mass is 295 g/mol. The number of carbonyl (C=O) groups excluding carboxylic acids is 1. The van der Waals surface area contributed by atoms with Crippen LogP contribution in [-0.4, -0.2) is 10.9 Å². The Kier molecular flexibility index (Phi) is 3.94. The van der Waals surface area contributed by atoms with Crippen LogP contribution < -0.4 is 0 Å². The summed E-state index contributed by atoms with van der Waals surface area (Å²) in [6.45, 7) is 5.30. The Hall–Kier alpha value is -2.04. The van der Waals surface area contributed by atoms with E-state index in [9.17, 15) is 18.0 Å². The second kappa shape index (κ2) is 5.39. The van der Waals surface area contributed by atoms with Crippen LogP contribution in [0.25, 0.3) is 5.69 Å². The van der Waals surface area contributed by atoms with Crippen molar-refractivity contribution >= 4 is 6.29 Å². The number of carbonyl (C=O) groups is 1. The van der Waals surface area contributed by atoms with Gasteiger partial charge in [-0.25, -0.2) is 0 Å². The molecule has 0 atom stereocenters.